The van der Waals surface area contributed by atoms with Crippen molar-refractivity contribution in [2.24, 2.45) is 0 Å². The smallest absolute Gasteiger partial charge is 0.331 e. The van der Waals surface area contributed by atoms with E-state index >= 15 is 0 Å². The second kappa shape index (κ2) is 8.29. The number of amides is 1. The summed E-state index contributed by atoms with van der Waals surface area (Å²) in [6.07, 6.45) is 3.30. The highest BCUT2D eigenvalue weighted by atomic mass is 16.2. The largest absolute Gasteiger partial charge is 0.355 e. The fourth-order valence-electron chi connectivity index (χ4n) is 2.32. The minimum atomic E-state index is -0.478. The van der Waals surface area contributed by atoms with Crippen molar-refractivity contribution < 1.29 is 4.79 Å². The van der Waals surface area contributed by atoms with E-state index < -0.39 is 11.2 Å². The molecule has 128 valence electrons. The zero-order valence-corrected chi connectivity index (χ0v) is 14.1. The van der Waals surface area contributed by atoms with Crippen LogP contribution >= 0.6 is 0 Å². The number of rotatable bonds is 7. The molecular weight excluding hydrogens is 306 g/mol. The molecule has 2 rings (SSSR count). The number of aryl methyl sites for hydroxylation is 1. The number of nitrogens with one attached hydrogen (secondary N) is 1. The maximum Gasteiger partial charge on any atom is 0.331 e. The maximum atomic E-state index is 12.5. The molecule has 24 heavy (non-hydrogen) atoms. The predicted molar refractivity (Wildman–Crippen MR) is 93.2 cm³/mol. The van der Waals surface area contributed by atoms with Gasteiger partial charge < -0.3 is 5.32 Å². The summed E-state index contributed by atoms with van der Waals surface area (Å²) in [5.74, 6) is -0.323. The van der Waals surface area contributed by atoms with Crippen molar-refractivity contribution in [1.82, 2.24) is 14.5 Å². The maximum absolute atomic E-state index is 12.5. The number of benzene rings is 1. The average molecular weight is 329 g/mol. The first-order chi connectivity index (χ1) is 11.5. The molecule has 0 aliphatic rings. The van der Waals surface area contributed by atoms with Gasteiger partial charge in [-0.15, -0.1) is 0 Å². The Hall–Kier alpha value is -2.63. The van der Waals surface area contributed by atoms with Gasteiger partial charge in [0, 0.05) is 18.8 Å². The van der Waals surface area contributed by atoms with Crippen molar-refractivity contribution in [3.8, 4) is 0 Å². The third kappa shape index (κ3) is 4.68. The summed E-state index contributed by atoms with van der Waals surface area (Å²) in [6, 6.07) is 9.13. The van der Waals surface area contributed by atoms with Gasteiger partial charge in [-0.25, -0.2) is 4.79 Å². The Morgan fingerprint density at radius 2 is 1.83 bits per heavy atom. The number of unbranched alkanes of at least 4 members (excludes halogenated alkanes) is 1. The van der Waals surface area contributed by atoms with Crippen molar-refractivity contribution in [2.75, 3.05) is 6.54 Å². The molecule has 0 fully saturated rings. The van der Waals surface area contributed by atoms with Gasteiger partial charge in [0.15, 0.2) is 0 Å². The first kappa shape index (κ1) is 17.7. The van der Waals surface area contributed by atoms with E-state index in [-0.39, 0.29) is 12.5 Å². The van der Waals surface area contributed by atoms with E-state index in [0.29, 0.717) is 13.1 Å². The summed E-state index contributed by atoms with van der Waals surface area (Å²) in [7, 11) is 0. The van der Waals surface area contributed by atoms with Gasteiger partial charge in [0.25, 0.3) is 5.56 Å². The molecule has 0 atom stereocenters. The Labute approximate surface area is 140 Å². The highest BCUT2D eigenvalue weighted by Gasteiger charge is 2.10. The Bertz CT molecular complexity index is 803. The van der Waals surface area contributed by atoms with Crippen LogP contribution in [0.4, 0.5) is 0 Å². The lowest BCUT2D eigenvalue weighted by Crippen LogP contribution is -2.43. The van der Waals surface area contributed by atoms with Crippen LogP contribution in [0.5, 0.6) is 0 Å². The highest BCUT2D eigenvalue weighted by Crippen LogP contribution is 2.03. The number of aromatic nitrogens is 2. The monoisotopic (exact) mass is 329 g/mol. The minimum absolute atomic E-state index is 0.254. The quantitative estimate of drug-likeness (QED) is 0.778. The normalized spacial score (nSPS) is 10.6. The van der Waals surface area contributed by atoms with Gasteiger partial charge in [0.2, 0.25) is 5.91 Å². The fraction of sp³-hybridized carbons (Fsp3) is 0.389. The van der Waals surface area contributed by atoms with Crippen LogP contribution in [-0.4, -0.2) is 21.6 Å². The van der Waals surface area contributed by atoms with E-state index in [4.69, 9.17) is 0 Å². The number of carbonyl (C=O) groups is 1. The van der Waals surface area contributed by atoms with Gasteiger partial charge in [-0.2, -0.15) is 0 Å². The molecule has 0 saturated heterocycles. The number of hydrogen-bond donors (Lipinski definition) is 1. The zero-order chi connectivity index (χ0) is 17.5. The van der Waals surface area contributed by atoms with Crippen LogP contribution in [0.2, 0.25) is 0 Å². The van der Waals surface area contributed by atoms with Crippen molar-refractivity contribution in [2.45, 2.75) is 39.8 Å². The molecule has 0 unspecified atom stereocenters. The standard InChI is InChI=1S/C18H23N3O3/c1-3-4-10-19-16(22)13-21-17(23)9-11-20(18(21)24)12-15-7-5-14(2)6-8-15/h5-9,11H,3-4,10,12-13H2,1-2H3,(H,19,22). The third-order valence-corrected chi connectivity index (χ3v) is 3.77. The summed E-state index contributed by atoms with van der Waals surface area (Å²) in [4.78, 5) is 36.3. The van der Waals surface area contributed by atoms with Gasteiger partial charge in [-0.1, -0.05) is 43.2 Å². The molecule has 0 radical (unpaired) electrons. The number of nitrogens with zero attached hydrogens (tertiary/aromatic N) is 2. The van der Waals surface area contributed by atoms with E-state index in [1.54, 1.807) is 0 Å². The Morgan fingerprint density at radius 1 is 1.12 bits per heavy atom. The highest BCUT2D eigenvalue weighted by molar-refractivity contribution is 5.75. The van der Waals surface area contributed by atoms with Gasteiger partial charge in [-0.05, 0) is 18.9 Å². The second-order valence-electron chi connectivity index (χ2n) is 5.84. The molecule has 0 aliphatic heterocycles. The van der Waals surface area contributed by atoms with Crippen molar-refractivity contribution in [3.05, 3.63) is 68.5 Å². The average Bonchev–Trinajstić information content (AvgIpc) is 2.56. The molecule has 0 saturated carbocycles. The molecule has 0 bridgehead atoms. The Kier molecular flexibility index (Phi) is 6.12. The van der Waals surface area contributed by atoms with Gasteiger partial charge >= 0.3 is 5.69 Å². The molecule has 6 heteroatoms. The Morgan fingerprint density at radius 3 is 2.50 bits per heavy atom. The topological polar surface area (TPSA) is 73.1 Å². The molecule has 1 aromatic heterocycles. The van der Waals surface area contributed by atoms with Crippen molar-refractivity contribution >= 4 is 5.91 Å². The zero-order valence-electron chi connectivity index (χ0n) is 14.1. The van der Waals surface area contributed by atoms with E-state index in [2.05, 4.69) is 5.32 Å². The molecule has 1 aromatic carbocycles. The van der Waals surface area contributed by atoms with Crippen LogP contribution in [0.1, 0.15) is 30.9 Å². The lowest BCUT2D eigenvalue weighted by molar-refractivity contribution is -0.121. The molecule has 0 aliphatic carbocycles. The van der Waals surface area contributed by atoms with Crippen molar-refractivity contribution in [3.63, 3.8) is 0 Å². The SMILES string of the molecule is CCCCNC(=O)Cn1c(=O)ccn(Cc2ccc(C)cc2)c1=O. The fourth-order valence-corrected chi connectivity index (χ4v) is 2.32. The van der Waals surface area contributed by atoms with E-state index in [9.17, 15) is 14.4 Å². The van der Waals surface area contributed by atoms with E-state index in [0.717, 1.165) is 28.5 Å². The first-order valence-electron chi connectivity index (χ1n) is 8.13. The summed E-state index contributed by atoms with van der Waals surface area (Å²) in [5.41, 5.74) is 1.15. The van der Waals surface area contributed by atoms with Crippen LogP contribution in [0, 0.1) is 6.92 Å². The third-order valence-electron chi connectivity index (χ3n) is 3.77. The van der Waals surface area contributed by atoms with Crippen LogP contribution < -0.4 is 16.6 Å². The summed E-state index contributed by atoms with van der Waals surface area (Å²) < 4.78 is 2.40. The van der Waals surface area contributed by atoms with Crippen LogP contribution in [0.3, 0.4) is 0 Å². The van der Waals surface area contributed by atoms with Gasteiger partial charge in [-0.3, -0.25) is 18.7 Å². The van der Waals surface area contributed by atoms with Crippen LogP contribution in [-0.2, 0) is 17.9 Å². The van der Waals surface area contributed by atoms with Gasteiger partial charge in [0.05, 0.1) is 6.54 Å². The minimum Gasteiger partial charge on any atom is -0.355 e. The van der Waals surface area contributed by atoms with E-state index in [1.165, 1.54) is 16.8 Å². The number of carbonyl (C=O) groups excluding carboxylic acids is 1. The van der Waals surface area contributed by atoms with Crippen LogP contribution in [0.25, 0.3) is 0 Å². The summed E-state index contributed by atoms with van der Waals surface area (Å²) in [5, 5.41) is 2.72. The molecular formula is C18H23N3O3. The molecule has 0 spiro atoms. The lowest BCUT2D eigenvalue weighted by atomic mass is 10.1. The molecule has 1 N–H and O–H groups in total. The predicted octanol–water partition coefficient (Wildman–Crippen LogP) is 1.28. The molecule has 1 heterocycles. The molecule has 6 nitrogen and oxygen atoms in total. The lowest BCUT2D eigenvalue weighted by Gasteiger charge is -2.10. The second-order valence-corrected chi connectivity index (χ2v) is 5.84. The van der Waals surface area contributed by atoms with Crippen LogP contribution in [0.15, 0.2) is 46.1 Å². The first-order valence-corrected chi connectivity index (χ1v) is 8.13. The summed E-state index contributed by atoms with van der Waals surface area (Å²) >= 11 is 0. The Balaban J connectivity index is 2.17. The van der Waals surface area contributed by atoms with E-state index in [1.807, 2.05) is 38.1 Å². The summed E-state index contributed by atoms with van der Waals surface area (Å²) in [6.45, 7) is 4.67. The van der Waals surface area contributed by atoms with Gasteiger partial charge in [0.1, 0.15) is 6.54 Å². The number of hydrogen-bond acceptors (Lipinski definition) is 3. The molecule has 2 aromatic rings. The molecule has 1 amide bonds. The van der Waals surface area contributed by atoms with Crippen molar-refractivity contribution in [1.29, 1.82) is 0 Å².